The van der Waals surface area contributed by atoms with Crippen LogP contribution in [-0.2, 0) is 4.79 Å². The van der Waals surface area contributed by atoms with Crippen molar-refractivity contribution in [1.82, 2.24) is 0 Å². The molecule has 0 bridgehead atoms. The molecule has 1 atom stereocenters. The molecule has 0 rings (SSSR count). The van der Waals surface area contributed by atoms with E-state index in [4.69, 9.17) is 0 Å². The summed E-state index contributed by atoms with van der Waals surface area (Å²) >= 11 is 0. The summed E-state index contributed by atoms with van der Waals surface area (Å²) < 4.78 is 0.901. The topological polar surface area (TPSA) is 40.1 Å². The van der Waals surface area contributed by atoms with Crippen LogP contribution in [0.25, 0.3) is 0 Å². The Kier molecular flexibility index (Phi) is 4.85. The number of carbonyl (C=O) groups is 1. The third-order valence-electron chi connectivity index (χ3n) is 2.68. The molecule has 3 heteroatoms. The number of nitrogens with zero attached hydrogens (tertiary/aromatic N) is 1. The first-order valence-electron chi connectivity index (χ1n) is 4.94. The van der Waals surface area contributed by atoms with Crippen LogP contribution in [0.4, 0.5) is 0 Å². The lowest BCUT2D eigenvalue weighted by molar-refractivity contribution is -0.894. The molecule has 0 saturated heterocycles. The summed E-state index contributed by atoms with van der Waals surface area (Å²) in [5.74, 6) is -1.07. The largest absolute Gasteiger partial charge is 0.545 e. The van der Waals surface area contributed by atoms with Crippen molar-refractivity contribution in [2.24, 2.45) is 0 Å². The van der Waals surface area contributed by atoms with Crippen LogP contribution in [0, 0.1) is 0 Å². The van der Waals surface area contributed by atoms with Crippen molar-refractivity contribution in [2.75, 3.05) is 21.1 Å². The van der Waals surface area contributed by atoms with Crippen LogP contribution in [0.3, 0.4) is 0 Å². The van der Waals surface area contributed by atoms with Gasteiger partial charge in [-0.3, -0.25) is 0 Å². The molecule has 0 radical (unpaired) electrons. The Balaban J connectivity index is 3.97. The van der Waals surface area contributed by atoms with Gasteiger partial charge in [-0.25, -0.2) is 0 Å². The zero-order valence-corrected chi connectivity index (χ0v) is 9.83. The van der Waals surface area contributed by atoms with Crippen molar-refractivity contribution >= 4 is 5.97 Å². The first-order valence-corrected chi connectivity index (χ1v) is 4.94. The fourth-order valence-corrected chi connectivity index (χ4v) is 1.01. The zero-order valence-electron chi connectivity index (χ0n) is 9.83. The average molecular weight is 199 g/mol. The van der Waals surface area contributed by atoms with E-state index in [1.54, 1.807) is 13.0 Å². The van der Waals surface area contributed by atoms with Gasteiger partial charge in [0.1, 0.15) is 0 Å². The number of quaternary nitrogens is 1. The van der Waals surface area contributed by atoms with Gasteiger partial charge in [0.25, 0.3) is 0 Å². The molecule has 0 aliphatic heterocycles. The third-order valence-corrected chi connectivity index (χ3v) is 2.68. The fraction of sp³-hybridized carbons (Fsp3) is 0.727. The highest BCUT2D eigenvalue weighted by atomic mass is 16.4. The van der Waals surface area contributed by atoms with E-state index in [-0.39, 0.29) is 0 Å². The van der Waals surface area contributed by atoms with E-state index in [0.717, 1.165) is 17.3 Å². The van der Waals surface area contributed by atoms with Gasteiger partial charge in [-0.1, -0.05) is 6.08 Å². The second-order valence-electron chi connectivity index (χ2n) is 4.72. The van der Waals surface area contributed by atoms with E-state index in [1.165, 1.54) is 0 Å². The van der Waals surface area contributed by atoms with E-state index in [9.17, 15) is 9.90 Å². The molecule has 0 amide bonds. The Morgan fingerprint density at radius 2 is 1.93 bits per heavy atom. The highest BCUT2D eigenvalue weighted by Gasteiger charge is 2.16. The van der Waals surface area contributed by atoms with Gasteiger partial charge in [0, 0.05) is 6.42 Å². The molecule has 0 aromatic heterocycles. The maximum atomic E-state index is 10.4. The molecule has 3 nitrogen and oxygen atoms in total. The quantitative estimate of drug-likeness (QED) is 0.479. The standard InChI is InChI=1S/C11H21NO2/c1-9(11(13)14)7-6-8-10(2)12(3,4)5/h7,10H,6,8H2,1-5H3. The van der Waals surface area contributed by atoms with Crippen molar-refractivity contribution in [3.63, 3.8) is 0 Å². The van der Waals surface area contributed by atoms with Gasteiger partial charge < -0.3 is 14.4 Å². The van der Waals surface area contributed by atoms with Gasteiger partial charge >= 0.3 is 0 Å². The monoisotopic (exact) mass is 199 g/mol. The lowest BCUT2D eigenvalue weighted by Crippen LogP contribution is -2.43. The summed E-state index contributed by atoms with van der Waals surface area (Å²) in [4.78, 5) is 10.4. The van der Waals surface area contributed by atoms with Gasteiger partial charge in [-0.15, -0.1) is 0 Å². The molecular weight excluding hydrogens is 178 g/mol. The summed E-state index contributed by atoms with van der Waals surface area (Å²) in [7, 11) is 6.42. The normalized spacial score (nSPS) is 15.4. The predicted molar refractivity (Wildman–Crippen MR) is 55.5 cm³/mol. The first kappa shape index (κ1) is 13.2. The van der Waals surface area contributed by atoms with Crippen molar-refractivity contribution in [1.29, 1.82) is 0 Å². The molecule has 0 spiro atoms. The smallest absolute Gasteiger partial charge is 0.0858 e. The van der Waals surface area contributed by atoms with Crippen LogP contribution in [0.2, 0.25) is 0 Å². The van der Waals surface area contributed by atoms with Crippen molar-refractivity contribution in [3.05, 3.63) is 11.6 Å². The van der Waals surface area contributed by atoms with Crippen molar-refractivity contribution in [2.45, 2.75) is 32.7 Å². The zero-order chi connectivity index (χ0) is 11.4. The van der Waals surface area contributed by atoms with Crippen LogP contribution in [0.5, 0.6) is 0 Å². The predicted octanol–water partition coefficient (Wildman–Crippen LogP) is 0.557. The minimum Gasteiger partial charge on any atom is -0.545 e. The summed E-state index contributed by atoms with van der Waals surface area (Å²) in [6, 6.07) is 0.529. The number of carboxylic acids is 1. The minimum atomic E-state index is -1.07. The van der Waals surface area contributed by atoms with Crippen LogP contribution in [0.15, 0.2) is 11.6 Å². The van der Waals surface area contributed by atoms with E-state index in [0.29, 0.717) is 11.6 Å². The molecule has 0 aromatic carbocycles. The number of hydrogen-bond donors (Lipinski definition) is 0. The molecule has 0 aromatic rings. The third kappa shape index (κ3) is 5.02. The Labute approximate surface area is 86.6 Å². The van der Waals surface area contributed by atoms with Crippen molar-refractivity contribution in [3.8, 4) is 0 Å². The second-order valence-corrected chi connectivity index (χ2v) is 4.72. The highest BCUT2D eigenvalue weighted by molar-refractivity contribution is 5.83. The molecule has 0 heterocycles. The number of carboxylic acid groups (broad SMARTS) is 1. The van der Waals surface area contributed by atoms with Crippen LogP contribution in [-0.4, -0.2) is 37.6 Å². The number of aliphatic carboxylic acids is 1. The number of rotatable bonds is 5. The average Bonchev–Trinajstić information content (AvgIpc) is 2.01. The van der Waals surface area contributed by atoms with Gasteiger partial charge in [0.05, 0.1) is 33.2 Å². The molecule has 0 aliphatic carbocycles. The number of carbonyl (C=O) groups excluding carboxylic acids is 1. The molecular formula is C11H21NO2. The summed E-state index contributed by atoms with van der Waals surface area (Å²) in [5.41, 5.74) is 0.332. The molecule has 14 heavy (non-hydrogen) atoms. The molecule has 0 saturated carbocycles. The Hall–Kier alpha value is -0.830. The molecule has 0 fully saturated rings. The summed E-state index contributed by atoms with van der Waals surface area (Å²) in [6.07, 6.45) is 3.53. The van der Waals surface area contributed by atoms with Crippen LogP contribution in [0.1, 0.15) is 26.7 Å². The maximum absolute atomic E-state index is 10.4. The molecule has 0 N–H and O–H groups in total. The molecule has 0 aliphatic rings. The minimum absolute atomic E-state index is 0.332. The van der Waals surface area contributed by atoms with E-state index in [1.807, 2.05) is 0 Å². The van der Waals surface area contributed by atoms with Crippen molar-refractivity contribution < 1.29 is 14.4 Å². The van der Waals surface area contributed by atoms with E-state index < -0.39 is 5.97 Å². The Morgan fingerprint density at radius 1 is 1.43 bits per heavy atom. The molecule has 1 unspecified atom stereocenters. The van der Waals surface area contributed by atoms with Crippen LogP contribution < -0.4 is 5.11 Å². The fourth-order valence-electron chi connectivity index (χ4n) is 1.01. The number of hydrogen-bond acceptors (Lipinski definition) is 2. The van der Waals surface area contributed by atoms with Crippen LogP contribution >= 0.6 is 0 Å². The maximum Gasteiger partial charge on any atom is 0.0858 e. The second kappa shape index (κ2) is 5.15. The summed E-state index contributed by atoms with van der Waals surface area (Å²) in [5, 5.41) is 10.4. The van der Waals surface area contributed by atoms with Gasteiger partial charge in [-0.05, 0) is 25.8 Å². The summed E-state index contributed by atoms with van der Waals surface area (Å²) in [6.45, 7) is 3.74. The Morgan fingerprint density at radius 3 is 2.29 bits per heavy atom. The van der Waals surface area contributed by atoms with E-state index in [2.05, 4.69) is 28.1 Å². The highest BCUT2D eigenvalue weighted by Crippen LogP contribution is 2.10. The van der Waals surface area contributed by atoms with Gasteiger partial charge in [0.2, 0.25) is 0 Å². The molecule has 82 valence electrons. The van der Waals surface area contributed by atoms with Gasteiger partial charge in [-0.2, -0.15) is 0 Å². The van der Waals surface area contributed by atoms with Gasteiger partial charge in [0.15, 0.2) is 0 Å². The SMILES string of the molecule is CC(=CCCC(C)[N+](C)(C)C)C(=O)[O-]. The van der Waals surface area contributed by atoms with E-state index >= 15 is 0 Å². The first-order chi connectivity index (χ1) is 6.25. The lowest BCUT2D eigenvalue weighted by atomic mass is 10.1. The Bertz CT molecular complexity index is 226. The lowest BCUT2D eigenvalue weighted by Gasteiger charge is -2.31. The number of allylic oxidation sites excluding steroid dienone is 1.